The number of hydrogen-bond donors (Lipinski definition) is 1. The molecule has 0 fully saturated rings. The molecule has 0 saturated heterocycles. The van der Waals surface area contributed by atoms with E-state index in [1.165, 1.54) is 0 Å². The third kappa shape index (κ3) is 1.84. The molecule has 0 aliphatic carbocycles. The van der Waals surface area contributed by atoms with Crippen molar-refractivity contribution in [1.29, 1.82) is 0 Å². The third-order valence-electron chi connectivity index (χ3n) is 2.61. The van der Waals surface area contributed by atoms with Crippen molar-refractivity contribution in [3.8, 4) is 0 Å². The average Bonchev–Trinajstić information content (AvgIpc) is 1.86. The molecule has 0 bridgehead atoms. The predicted molar refractivity (Wildman–Crippen MR) is 44.8 cm³/mol. The van der Waals surface area contributed by atoms with Crippen LogP contribution < -0.4 is 0 Å². The molecule has 10 heavy (non-hydrogen) atoms. The maximum atomic E-state index is 8.88. The molecule has 0 aromatic heterocycles. The van der Waals surface area contributed by atoms with Crippen LogP contribution >= 0.6 is 0 Å². The van der Waals surface area contributed by atoms with E-state index in [0.717, 1.165) is 5.57 Å². The standard InChI is InChI=1S/C9H18O/c1-7(2)9(4,5)8(3)6-10/h8,10H,1,6H2,2-5H3. The zero-order valence-electron chi connectivity index (χ0n) is 7.44. The van der Waals surface area contributed by atoms with Gasteiger partial charge in [0.15, 0.2) is 0 Å². The Labute approximate surface area is 63.8 Å². The van der Waals surface area contributed by atoms with Crippen LogP contribution in [-0.2, 0) is 0 Å². The summed E-state index contributed by atoms with van der Waals surface area (Å²) in [6.07, 6.45) is 0. The number of aliphatic hydroxyl groups is 1. The molecular formula is C9H18O. The highest BCUT2D eigenvalue weighted by Gasteiger charge is 2.25. The summed E-state index contributed by atoms with van der Waals surface area (Å²) in [5, 5.41) is 8.88. The van der Waals surface area contributed by atoms with Crippen molar-refractivity contribution in [1.82, 2.24) is 0 Å². The van der Waals surface area contributed by atoms with Gasteiger partial charge in [0.05, 0.1) is 0 Å². The average molecular weight is 142 g/mol. The predicted octanol–water partition coefficient (Wildman–Crippen LogP) is 2.22. The van der Waals surface area contributed by atoms with E-state index in [1.54, 1.807) is 0 Å². The van der Waals surface area contributed by atoms with Gasteiger partial charge in [-0.1, -0.05) is 32.9 Å². The fourth-order valence-electron chi connectivity index (χ4n) is 0.649. The maximum Gasteiger partial charge on any atom is 0.0464 e. The van der Waals surface area contributed by atoms with Crippen molar-refractivity contribution in [2.24, 2.45) is 11.3 Å². The Kier molecular flexibility index (Phi) is 3.10. The van der Waals surface area contributed by atoms with E-state index >= 15 is 0 Å². The first-order valence-electron chi connectivity index (χ1n) is 3.69. The minimum Gasteiger partial charge on any atom is -0.396 e. The van der Waals surface area contributed by atoms with Crippen molar-refractivity contribution in [2.75, 3.05) is 6.61 Å². The lowest BCUT2D eigenvalue weighted by atomic mass is 9.75. The summed E-state index contributed by atoms with van der Waals surface area (Å²) in [6.45, 7) is 12.4. The van der Waals surface area contributed by atoms with Crippen LogP contribution in [0.3, 0.4) is 0 Å². The van der Waals surface area contributed by atoms with Crippen molar-refractivity contribution in [2.45, 2.75) is 27.7 Å². The van der Waals surface area contributed by atoms with Crippen LogP contribution in [0, 0.1) is 11.3 Å². The monoisotopic (exact) mass is 142 g/mol. The summed E-state index contributed by atoms with van der Waals surface area (Å²) in [5.41, 5.74) is 1.20. The topological polar surface area (TPSA) is 20.2 Å². The Bertz CT molecular complexity index is 125. The van der Waals surface area contributed by atoms with E-state index in [9.17, 15) is 0 Å². The fourth-order valence-corrected chi connectivity index (χ4v) is 0.649. The van der Waals surface area contributed by atoms with E-state index in [-0.39, 0.29) is 12.0 Å². The van der Waals surface area contributed by atoms with Gasteiger partial charge in [0, 0.05) is 6.61 Å². The lowest BCUT2D eigenvalue weighted by Crippen LogP contribution is -2.25. The fraction of sp³-hybridized carbons (Fsp3) is 0.778. The van der Waals surface area contributed by atoms with Crippen LogP contribution in [0.1, 0.15) is 27.7 Å². The molecule has 0 rings (SSSR count). The van der Waals surface area contributed by atoms with Crippen molar-refractivity contribution < 1.29 is 5.11 Å². The van der Waals surface area contributed by atoms with E-state index < -0.39 is 0 Å². The molecule has 0 spiro atoms. The summed E-state index contributed by atoms with van der Waals surface area (Å²) in [4.78, 5) is 0. The van der Waals surface area contributed by atoms with Gasteiger partial charge in [-0.25, -0.2) is 0 Å². The number of hydrogen-bond acceptors (Lipinski definition) is 1. The molecule has 60 valence electrons. The first-order valence-corrected chi connectivity index (χ1v) is 3.69. The molecule has 0 heterocycles. The maximum absolute atomic E-state index is 8.88. The highest BCUT2D eigenvalue weighted by Crippen LogP contribution is 2.32. The zero-order valence-corrected chi connectivity index (χ0v) is 7.44. The van der Waals surface area contributed by atoms with Crippen molar-refractivity contribution in [3.05, 3.63) is 12.2 Å². The van der Waals surface area contributed by atoms with Crippen LogP contribution in [0.5, 0.6) is 0 Å². The van der Waals surface area contributed by atoms with Crippen LogP contribution in [0.25, 0.3) is 0 Å². The lowest BCUT2D eigenvalue weighted by Gasteiger charge is -2.31. The van der Waals surface area contributed by atoms with Gasteiger partial charge in [-0.3, -0.25) is 0 Å². The Balaban J connectivity index is 4.23. The molecule has 0 amide bonds. The molecule has 0 aliphatic heterocycles. The number of rotatable bonds is 3. The molecule has 0 aromatic carbocycles. The van der Waals surface area contributed by atoms with Crippen LogP contribution in [-0.4, -0.2) is 11.7 Å². The molecule has 0 aromatic rings. The highest BCUT2D eigenvalue weighted by atomic mass is 16.3. The quantitative estimate of drug-likeness (QED) is 0.599. The lowest BCUT2D eigenvalue weighted by molar-refractivity contribution is 0.158. The van der Waals surface area contributed by atoms with E-state index in [0.29, 0.717) is 5.92 Å². The van der Waals surface area contributed by atoms with Gasteiger partial charge in [-0.15, -0.1) is 0 Å². The van der Waals surface area contributed by atoms with E-state index in [2.05, 4.69) is 20.4 Å². The smallest absolute Gasteiger partial charge is 0.0464 e. The second-order valence-corrected chi connectivity index (χ2v) is 3.59. The van der Waals surface area contributed by atoms with E-state index in [1.807, 2.05) is 13.8 Å². The summed E-state index contributed by atoms with van der Waals surface area (Å²) < 4.78 is 0. The van der Waals surface area contributed by atoms with Crippen molar-refractivity contribution >= 4 is 0 Å². The minimum absolute atomic E-state index is 0.0642. The molecule has 1 atom stereocenters. The van der Waals surface area contributed by atoms with Crippen LogP contribution in [0.2, 0.25) is 0 Å². The largest absolute Gasteiger partial charge is 0.396 e. The molecule has 1 heteroatoms. The minimum atomic E-state index is 0.0642. The number of aliphatic hydroxyl groups excluding tert-OH is 1. The van der Waals surface area contributed by atoms with Gasteiger partial charge < -0.3 is 5.11 Å². The summed E-state index contributed by atoms with van der Waals surface area (Å²) >= 11 is 0. The molecule has 1 unspecified atom stereocenters. The SMILES string of the molecule is C=C(C)C(C)(C)C(C)CO. The molecule has 1 nitrogen and oxygen atoms in total. The first kappa shape index (κ1) is 9.70. The van der Waals surface area contributed by atoms with Gasteiger partial charge in [0.2, 0.25) is 0 Å². The van der Waals surface area contributed by atoms with Crippen LogP contribution in [0.15, 0.2) is 12.2 Å². The van der Waals surface area contributed by atoms with Gasteiger partial charge in [0.25, 0.3) is 0 Å². The zero-order chi connectivity index (χ0) is 8.36. The van der Waals surface area contributed by atoms with Gasteiger partial charge in [-0.2, -0.15) is 0 Å². The molecule has 0 radical (unpaired) electrons. The highest BCUT2D eigenvalue weighted by molar-refractivity contribution is 5.04. The Morgan fingerprint density at radius 2 is 2.00 bits per heavy atom. The van der Waals surface area contributed by atoms with Gasteiger partial charge in [0.1, 0.15) is 0 Å². The molecular weight excluding hydrogens is 124 g/mol. The molecule has 0 saturated carbocycles. The second-order valence-electron chi connectivity index (χ2n) is 3.59. The summed E-state index contributed by atoms with van der Waals surface area (Å²) in [5.74, 6) is 0.296. The third-order valence-corrected chi connectivity index (χ3v) is 2.61. The molecule has 1 N–H and O–H groups in total. The van der Waals surface area contributed by atoms with Gasteiger partial charge >= 0.3 is 0 Å². The summed E-state index contributed by atoms with van der Waals surface area (Å²) in [6, 6.07) is 0. The Morgan fingerprint density at radius 1 is 1.60 bits per heavy atom. The van der Waals surface area contributed by atoms with Crippen LogP contribution in [0.4, 0.5) is 0 Å². The summed E-state index contributed by atoms with van der Waals surface area (Å²) in [7, 11) is 0. The second kappa shape index (κ2) is 3.20. The first-order chi connectivity index (χ1) is 4.42. The Morgan fingerprint density at radius 3 is 2.10 bits per heavy atom. The normalized spacial score (nSPS) is 14.9. The van der Waals surface area contributed by atoms with E-state index in [4.69, 9.17) is 5.11 Å². The molecule has 0 aliphatic rings. The van der Waals surface area contributed by atoms with Gasteiger partial charge in [-0.05, 0) is 18.3 Å². The van der Waals surface area contributed by atoms with Crippen molar-refractivity contribution in [3.63, 3.8) is 0 Å². The Hall–Kier alpha value is -0.300. The number of allylic oxidation sites excluding steroid dienone is 1.